The van der Waals surface area contributed by atoms with Gasteiger partial charge >= 0.3 is 0 Å². The Balaban J connectivity index is -0.0000000301. The van der Waals surface area contributed by atoms with Crippen LogP contribution in [-0.4, -0.2) is 0 Å². The molecule has 0 nitrogen and oxygen atoms in total. The zero-order chi connectivity index (χ0) is 13.5. The van der Waals surface area contributed by atoms with Gasteiger partial charge in [0.2, 0.25) is 0 Å². The van der Waals surface area contributed by atoms with Crippen LogP contribution in [0, 0.1) is 0 Å². The lowest BCUT2D eigenvalue weighted by atomic mass is 10.3. The van der Waals surface area contributed by atoms with Crippen molar-refractivity contribution >= 4 is 0 Å². The zero-order valence-corrected chi connectivity index (χ0v) is 13.5. The maximum atomic E-state index is 2.21. The third kappa shape index (κ3) is 224. The fourth-order valence-corrected chi connectivity index (χ4v) is 0.354. The molecule has 0 aromatic carbocycles. The topological polar surface area (TPSA) is 0 Å². The minimum absolute atomic E-state index is 1.32. The van der Waals surface area contributed by atoms with Gasteiger partial charge in [-0.25, -0.2) is 0 Å². The van der Waals surface area contributed by atoms with Gasteiger partial charge in [0.05, 0.1) is 0 Å². The molecule has 0 aromatic rings. The molecule has 0 aliphatic rings. The first-order chi connectivity index (χ1) is 7.33. The van der Waals surface area contributed by atoms with Gasteiger partial charge in [-0.15, -0.1) is 0 Å². The summed E-state index contributed by atoms with van der Waals surface area (Å²) in [5.41, 5.74) is 0. The van der Waals surface area contributed by atoms with Crippen LogP contribution in [0.15, 0.2) is 0 Å². The summed E-state index contributed by atoms with van der Waals surface area (Å²) in [6.07, 6.45) is 6.72. The monoisotopic (exact) mass is 220 g/mol. The van der Waals surface area contributed by atoms with Crippen molar-refractivity contribution in [2.45, 2.75) is 101 Å². The summed E-state index contributed by atoms with van der Waals surface area (Å²) in [6.45, 7) is 20.8. The largest absolute Gasteiger partial charge is 0.0683 e. The van der Waals surface area contributed by atoms with Gasteiger partial charge in [-0.3, -0.25) is 0 Å². The molecule has 0 radical (unpaired) electrons. The van der Waals surface area contributed by atoms with Crippen LogP contribution in [-0.2, 0) is 0 Å². The normalized spacial score (nSPS) is 6.00. The van der Waals surface area contributed by atoms with Crippen LogP contribution in [0.4, 0.5) is 0 Å². The summed E-state index contributed by atoms with van der Waals surface area (Å²) < 4.78 is 0. The van der Waals surface area contributed by atoms with E-state index >= 15 is 0 Å². The third-order valence-corrected chi connectivity index (χ3v) is 1.21. The van der Waals surface area contributed by atoms with Crippen LogP contribution < -0.4 is 0 Å². The minimum atomic E-state index is 1.32. The molecule has 15 heavy (non-hydrogen) atoms. The number of hydrogen-bond acceptors (Lipinski definition) is 0. The average molecular weight is 220 g/mol. The van der Waals surface area contributed by atoms with Crippen molar-refractivity contribution in [3.8, 4) is 0 Å². The molecule has 100 valence electrons. The van der Waals surface area contributed by atoms with Crippen LogP contribution in [0.2, 0.25) is 0 Å². The lowest BCUT2D eigenvalue weighted by Gasteiger charge is -1.79. The standard InChI is InChI=1S/C5H12.C4H10.3C2H6/c1-3-5-4-2;1-3-4-2;3*1-2/h3-5H2,1-2H3;3-4H2,1-2H3;3*1-2H3. The molecule has 0 rings (SSSR count). The van der Waals surface area contributed by atoms with Crippen molar-refractivity contribution < 1.29 is 0 Å². The van der Waals surface area contributed by atoms with Gasteiger partial charge in [-0.1, -0.05) is 101 Å². The van der Waals surface area contributed by atoms with Crippen LogP contribution in [0.1, 0.15) is 101 Å². The van der Waals surface area contributed by atoms with Gasteiger partial charge in [0, 0.05) is 0 Å². The molecule has 0 aliphatic heterocycles. The lowest BCUT2D eigenvalue weighted by Crippen LogP contribution is -1.59. The Hall–Kier alpha value is 0. The van der Waals surface area contributed by atoms with E-state index in [0.717, 1.165) is 0 Å². The van der Waals surface area contributed by atoms with Crippen molar-refractivity contribution in [3.63, 3.8) is 0 Å². The SMILES string of the molecule is CC.CC.CC.CCCC.CCCCC. The van der Waals surface area contributed by atoms with Crippen LogP contribution in [0.25, 0.3) is 0 Å². The van der Waals surface area contributed by atoms with E-state index in [9.17, 15) is 0 Å². The highest BCUT2D eigenvalue weighted by Crippen LogP contribution is 1.88. The molecule has 0 fully saturated rings. The molecule has 0 heteroatoms. The number of rotatable bonds is 3. The predicted molar refractivity (Wildman–Crippen MR) is 79.8 cm³/mol. The number of hydrogen-bond donors (Lipinski definition) is 0. The molecule has 0 saturated heterocycles. The summed E-state index contributed by atoms with van der Waals surface area (Å²) in [4.78, 5) is 0. The first kappa shape index (κ1) is 29.4. The third-order valence-electron chi connectivity index (χ3n) is 1.21. The molecular formula is C15H40. The Labute approximate surface area is 102 Å². The Morgan fingerprint density at radius 3 is 0.600 bits per heavy atom. The second kappa shape index (κ2) is 94.6. The summed E-state index contributed by atoms with van der Waals surface area (Å²) in [6, 6.07) is 0. The molecule has 0 saturated carbocycles. The minimum Gasteiger partial charge on any atom is -0.0683 e. The highest BCUT2D eigenvalue weighted by molar-refractivity contribution is 4.24. The zero-order valence-electron chi connectivity index (χ0n) is 13.5. The van der Waals surface area contributed by atoms with E-state index in [1.165, 1.54) is 32.1 Å². The second-order valence-corrected chi connectivity index (χ2v) is 2.35. The van der Waals surface area contributed by atoms with E-state index in [1.807, 2.05) is 41.5 Å². The summed E-state index contributed by atoms with van der Waals surface area (Å²) >= 11 is 0. The van der Waals surface area contributed by atoms with Crippen LogP contribution >= 0.6 is 0 Å². The highest BCUT2D eigenvalue weighted by atomic mass is 13.7. The van der Waals surface area contributed by atoms with Crippen molar-refractivity contribution in [1.29, 1.82) is 0 Å². The molecule has 0 unspecified atom stereocenters. The highest BCUT2D eigenvalue weighted by Gasteiger charge is 1.68. The first-order valence-corrected chi connectivity index (χ1v) is 7.33. The van der Waals surface area contributed by atoms with E-state index in [1.54, 1.807) is 0 Å². The van der Waals surface area contributed by atoms with E-state index < -0.39 is 0 Å². The molecule has 0 heterocycles. The quantitative estimate of drug-likeness (QED) is 0.476. The van der Waals surface area contributed by atoms with Gasteiger partial charge in [0.15, 0.2) is 0 Å². The molecule has 0 amide bonds. The van der Waals surface area contributed by atoms with E-state index in [4.69, 9.17) is 0 Å². The van der Waals surface area contributed by atoms with Crippen molar-refractivity contribution in [2.75, 3.05) is 0 Å². The summed E-state index contributed by atoms with van der Waals surface area (Å²) in [7, 11) is 0. The molecule has 0 N–H and O–H groups in total. The van der Waals surface area contributed by atoms with Gasteiger partial charge in [-0.2, -0.15) is 0 Å². The van der Waals surface area contributed by atoms with Crippen molar-refractivity contribution in [1.82, 2.24) is 0 Å². The van der Waals surface area contributed by atoms with Crippen molar-refractivity contribution in [3.05, 3.63) is 0 Å². The van der Waals surface area contributed by atoms with Crippen molar-refractivity contribution in [2.24, 2.45) is 0 Å². The maximum absolute atomic E-state index is 2.21. The molecule has 0 bridgehead atoms. The van der Waals surface area contributed by atoms with Gasteiger partial charge in [0.25, 0.3) is 0 Å². The fraction of sp³-hybridized carbons (Fsp3) is 1.00. The molecular weight excluding hydrogens is 180 g/mol. The average Bonchev–Trinajstić information content (AvgIpc) is 2.38. The van der Waals surface area contributed by atoms with Crippen LogP contribution in [0.5, 0.6) is 0 Å². The fourth-order valence-electron chi connectivity index (χ4n) is 0.354. The molecule has 0 spiro atoms. The van der Waals surface area contributed by atoms with E-state index in [2.05, 4.69) is 27.7 Å². The first-order valence-electron chi connectivity index (χ1n) is 7.33. The van der Waals surface area contributed by atoms with Gasteiger partial charge < -0.3 is 0 Å². The summed E-state index contributed by atoms with van der Waals surface area (Å²) in [5, 5.41) is 0. The van der Waals surface area contributed by atoms with Crippen LogP contribution in [0.3, 0.4) is 0 Å². The van der Waals surface area contributed by atoms with E-state index in [0.29, 0.717) is 0 Å². The van der Waals surface area contributed by atoms with E-state index in [-0.39, 0.29) is 0 Å². The Bertz CT molecular complexity index is 19.2. The molecule has 0 aromatic heterocycles. The summed E-state index contributed by atoms with van der Waals surface area (Å²) in [5.74, 6) is 0. The lowest BCUT2D eigenvalue weighted by molar-refractivity contribution is 0.772. The Morgan fingerprint density at radius 2 is 0.600 bits per heavy atom. The van der Waals surface area contributed by atoms with Gasteiger partial charge in [0.1, 0.15) is 0 Å². The Morgan fingerprint density at radius 1 is 0.400 bits per heavy atom. The van der Waals surface area contributed by atoms with Gasteiger partial charge in [-0.05, 0) is 0 Å². The Kier molecular flexibility index (Phi) is 185. The second-order valence-electron chi connectivity index (χ2n) is 2.35. The predicted octanol–water partition coefficient (Wildman–Crippen LogP) is 7.08. The molecule has 0 aliphatic carbocycles. The number of unbranched alkanes of at least 4 members (excludes halogenated alkanes) is 3. The smallest absolute Gasteiger partial charge is 0.0538 e. The maximum Gasteiger partial charge on any atom is -0.0538 e. The molecule has 0 atom stereocenters.